The molecule has 0 radical (unpaired) electrons. The fraction of sp³-hybridized carbons (Fsp3) is 0.100. The van der Waals surface area contributed by atoms with Gasteiger partial charge >= 0.3 is 0 Å². The smallest absolute Gasteiger partial charge is 0.177 e. The third-order valence-electron chi connectivity index (χ3n) is 2.00. The molecular weight excluding hydrogens is 204 g/mol. The van der Waals surface area contributed by atoms with Crippen molar-refractivity contribution in [1.82, 2.24) is 19.7 Å². The highest BCUT2D eigenvalue weighted by atomic mass is 15.2. The van der Waals surface area contributed by atoms with Gasteiger partial charge in [-0.05, 0) is 18.6 Å². The molecule has 0 saturated carbocycles. The van der Waals surface area contributed by atoms with Crippen LogP contribution in [0.25, 0.3) is 5.82 Å². The molecule has 0 fully saturated rings. The number of nitriles is 2. The summed E-state index contributed by atoms with van der Waals surface area (Å²) < 4.78 is 1.44. The van der Waals surface area contributed by atoms with Crippen molar-refractivity contribution in [3.8, 4) is 18.0 Å². The molecule has 0 saturated heterocycles. The Morgan fingerprint density at radius 1 is 1.31 bits per heavy atom. The number of nitrogens with zero attached hydrogens (tertiary/aromatic N) is 6. The molecule has 16 heavy (non-hydrogen) atoms. The van der Waals surface area contributed by atoms with Gasteiger partial charge in [0.1, 0.15) is 18.5 Å². The summed E-state index contributed by atoms with van der Waals surface area (Å²) in [6.45, 7) is 1.87. The fourth-order valence-electron chi connectivity index (χ4n) is 1.28. The van der Waals surface area contributed by atoms with Crippen molar-refractivity contribution in [2.45, 2.75) is 6.92 Å². The first-order valence-electron chi connectivity index (χ1n) is 4.43. The van der Waals surface area contributed by atoms with Gasteiger partial charge in [-0.15, -0.1) is 5.10 Å². The lowest BCUT2D eigenvalue weighted by Crippen LogP contribution is -2.01. The van der Waals surface area contributed by atoms with E-state index in [1.807, 2.05) is 19.1 Å². The Morgan fingerprint density at radius 2 is 2.12 bits per heavy atom. The molecular formula is C10H6N6. The average Bonchev–Trinajstić information content (AvgIpc) is 2.71. The van der Waals surface area contributed by atoms with Gasteiger partial charge in [-0.1, -0.05) is 0 Å². The molecule has 0 N–H and O–H groups in total. The van der Waals surface area contributed by atoms with Crippen LogP contribution in [0.3, 0.4) is 0 Å². The van der Waals surface area contributed by atoms with Gasteiger partial charge in [0, 0.05) is 0 Å². The molecule has 2 aromatic heterocycles. The van der Waals surface area contributed by atoms with Gasteiger partial charge in [0.05, 0.1) is 6.20 Å². The highest BCUT2D eigenvalue weighted by molar-refractivity contribution is 5.41. The predicted molar refractivity (Wildman–Crippen MR) is 53.3 cm³/mol. The van der Waals surface area contributed by atoms with E-state index >= 15 is 0 Å². The summed E-state index contributed by atoms with van der Waals surface area (Å²) in [5.41, 5.74) is 1.18. The maximum absolute atomic E-state index is 8.94. The lowest BCUT2D eigenvalue weighted by molar-refractivity contribution is 0.895. The van der Waals surface area contributed by atoms with E-state index in [2.05, 4.69) is 15.2 Å². The first-order chi connectivity index (χ1) is 7.76. The van der Waals surface area contributed by atoms with Crippen molar-refractivity contribution in [3.63, 3.8) is 0 Å². The molecule has 0 bridgehead atoms. The van der Waals surface area contributed by atoms with E-state index in [1.165, 1.54) is 10.9 Å². The number of aromatic nitrogens is 4. The van der Waals surface area contributed by atoms with Gasteiger partial charge in [-0.25, -0.2) is 4.98 Å². The average molecular weight is 210 g/mol. The van der Waals surface area contributed by atoms with Crippen molar-refractivity contribution in [3.05, 3.63) is 35.5 Å². The summed E-state index contributed by atoms with van der Waals surface area (Å²) >= 11 is 0. The molecule has 2 aromatic rings. The standard InChI is InChI=1S/C10H6N6/c1-7-2-10(15-14-5-7)16-6-13-8(3-11)9(16)4-12/h2,5-6H,1H3. The van der Waals surface area contributed by atoms with Gasteiger partial charge in [-0.2, -0.15) is 15.6 Å². The molecule has 0 aliphatic carbocycles. The van der Waals surface area contributed by atoms with Crippen molar-refractivity contribution in [1.29, 1.82) is 10.5 Å². The van der Waals surface area contributed by atoms with Crippen LogP contribution in [0.5, 0.6) is 0 Å². The van der Waals surface area contributed by atoms with E-state index < -0.39 is 0 Å². The number of imidazole rings is 1. The van der Waals surface area contributed by atoms with E-state index in [0.29, 0.717) is 5.82 Å². The zero-order chi connectivity index (χ0) is 11.5. The lowest BCUT2D eigenvalue weighted by Gasteiger charge is -2.01. The topological polar surface area (TPSA) is 91.2 Å². The number of hydrogen-bond donors (Lipinski definition) is 0. The first kappa shape index (κ1) is 9.81. The van der Waals surface area contributed by atoms with Gasteiger partial charge in [0.2, 0.25) is 0 Å². The molecule has 2 heterocycles. The fourth-order valence-corrected chi connectivity index (χ4v) is 1.28. The molecule has 0 amide bonds. The zero-order valence-corrected chi connectivity index (χ0v) is 8.42. The van der Waals surface area contributed by atoms with E-state index in [4.69, 9.17) is 10.5 Å². The summed E-state index contributed by atoms with van der Waals surface area (Å²) in [5.74, 6) is 0.477. The van der Waals surface area contributed by atoms with Crippen LogP contribution in [0.4, 0.5) is 0 Å². The molecule has 0 aromatic carbocycles. The Labute approximate surface area is 91.4 Å². The van der Waals surface area contributed by atoms with Crippen LogP contribution >= 0.6 is 0 Å². The number of hydrogen-bond acceptors (Lipinski definition) is 5. The quantitative estimate of drug-likeness (QED) is 0.691. The highest BCUT2D eigenvalue weighted by Gasteiger charge is 2.12. The second-order valence-electron chi connectivity index (χ2n) is 3.13. The Hall–Kier alpha value is -2.73. The van der Waals surface area contributed by atoms with Gasteiger partial charge < -0.3 is 0 Å². The molecule has 0 aliphatic heterocycles. The van der Waals surface area contributed by atoms with Crippen molar-refractivity contribution in [2.75, 3.05) is 0 Å². The van der Waals surface area contributed by atoms with Crippen LogP contribution < -0.4 is 0 Å². The second-order valence-corrected chi connectivity index (χ2v) is 3.13. The van der Waals surface area contributed by atoms with Crippen LogP contribution in [-0.2, 0) is 0 Å². The Morgan fingerprint density at radius 3 is 2.75 bits per heavy atom. The van der Waals surface area contributed by atoms with Crippen molar-refractivity contribution in [2.24, 2.45) is 0 Å². The van der Waals surface area contributed by atoms with Gasteiger partial charge in [0.25, 0.3) is 0 Å². The van der Waals surface area contributed by atoms with Crippen LogP contribution in [0.1, 0.15) is 17.0 Å². The first-order valence-corrected chi connectivity index (χ1v) is 4.43. The van der Waals surface area contributed by atoms with Crippen LogP contribution in [0.15, 0.2) is 18.6 Å². The molecule has 76 valence electrons. The maximum atomic E-state index is 8.94. The third kappa shape index (κ3) is 1.49. The Kier molecular flexibility index (Phi) is 2.33. The largest absolute Gasteiger partial charge is 0.271 e. The summed E-state index contributed by atoms with van der Waals surface area (Å²) in [7, 11) is 0. The molecule has 6 heteroatoms. The molecule has 0 atom stereocenters. The van der Waals surface area contributed by atoms with Gasteiger partial charge in [0.15, 0.2) is 17.2 Å². The second kappa shape index (κ2) is 3.79. The summed E-state index contributed by atoms with van der Waals surface area (Å²) in [6, 6.07) is 5.53. The minimum atomic E-state index is 0.0887. The lowest BCUT2D eigenvalue weighted by atomic mass is 10.3. The molecule has 0 spiro atoms. The Bertz CT molecular complexity index is 613. The maximum Gasteiger partial charge on any atom is 0.177 e. The van der Waals surface area contributed by atoms with Crippen molar-refractivity contribution >= 4 is 0 Å². The minimum Gasteiger partial charge on any atom is -0.271 e. The molecule has 2 rings (SSSR count). The van der Waals surface area contributed by atoms with E-state index in [1.54, 1.807) is 12.3 Å². The Balaban J connectivity index is 2.63. The monoisotopic (exact) mass is 210 g/mol. The van der Waals surface area contributed by atoms with Crippen LogP contribution in [0.2, 0.25) is 0 Å². The highest BCUT2D eigenvalue weighted by Crippen LogP contribution is 2.11. The number of rotatable bonds is 1. The summed E-state index contributed by atoms with van der Waals surface area (Å²) in [4.78, 5) is 3.82. The zero-order valence-electron chi connectivity index (χ0n) is 8.42. The minimum absolute atomic E-state index is 0.0887. The number of aryl methyl sites for hydroxylation is 1. The van der Waals surface area contributed by atoms with Gasteiger partial charge in [-0.3, -0.25) is 4.57 Å². The van der Waals surface area contributed by atoms with Crippen LogP contribution in [0, 0.1) is 29.6 Å². The molecule has 0 unspecified atom stereocenters. The summed E-state index contributed by atoms with van der Waals surface area (Å²) in [5, 5.41) is 25.3. The summed E-state index contributed by atoms with van der Waals surface area (Å²) in [6.07, 6.45) is 3.00. The van der Waals surface area contributed by atoms with Crippen LogP contribution in [-0.4, -0.2) is 19.7 Å². The van der Waals surface area contributed by atoms with Crippen molar-refractivity contribution < 1.29 is 0 Å². The van der Waals surface area contributed by atoms with E-state index in [9.17, 15) is 0 Å². The predicted octanol–water partition coefficient (Wildman–Crippen LogP) is 0.714. The van der Waals surface area contributed by atoms with E-state index in [0.717, 1.165) is 5.56 Å². The SMILES string of the molecule is Cc1cnnc(-n2cnc(C#N)c2C#N)c1. The van der Waals surface area contributed by atoms with E-state index in [-0.39, 0.29) is 11.4 Å². The normalized spacial score (nSPS) is 9.44. The molecule has 6 nitrogen and oxygen atoms in total. The molecule has 0 aliphatic rings. The third-order valence-corrected chi connectivity index (χ3v) is 2.00.